The number of halogens is 4. The van der Waals surface area contributed by atoms with Gasteiger partial charge in [-0.1, -0.05) is 18.2 Å². The van der Waals surface area contributed by atoms with Crippen LogP contribution in [0.3, 0.4) is 0 Å². The first-order chi connectivity index (χ1) is 19.5. The highest BCUT2D eigenvalue weighted by molar-refractivity contribution is 5.92. The zero-order chi connectivity index (χ0) is 29.5. The number of hydrogen-bond donors (Lipinski definition) is 0. The summed E-state index contributed by atoms with van der Waals surface area (Å²) in [6.45, 7) is 2.75. The predicted octanol–water partition coefficient (Wildman–Crippen LogP) is 4.53. The largest absolute Gasteiger partial charge is 0.433 e. The van der Waals surface area contributed by atoms with Crippen LogP contribution in [0, 0.1) is 28.5 Å². The van der Waals surface area contributed by atoms with E-state index in [0.717, 1.165) is 6.07 Å². The summed E-state index contributed by atoms with van der Waals surface area (Å²) in [4.78, 5) is 25.2. The molecule has 41 heavy (non-hydrogen) atoms. The topological polar surface area (TPSA) is 102 Å². The first kappa shape index (κ1) is 27.7. The van der Waals surface area contributed by atoms with Crippen molar-refractivity contribution in [1.29, 1.82) is 10.5 Å². The van der Waals surface area contributed by atoms with Crippen molar-refractivity contribution in [2.45, 2.75) is 25.2 Å². The summed E-state index contributed by atoms with van der Waals surface area (Å²) >= 11 is 0. The Morgan fingerprint density at radius 2 is 1.73 bits per heavy atom. The van der Waals surface area contributed by atoms with Gasteiger partial charge in [-0.2, -0.15) is 23.7 Å². The third kappa shape index (κ3) is 5.10. The molecule has 0 radical (unpaired) electrons. The molecule has 4 heterocycles. The van der Waals surface area contributed by atoms with Gasteiger partial charge in [-0.05, 0) is 48.9 Å². The Morgan fingerprint density at radius 3 is 2.37 bits per heavy atom. The van der Waals surface area contributed by atoms with Crippen LogP contribution < -0.4 is 10.5 Å². The molecule has 0 aliphatic carbocycles. The summed E-state index contributed by atoms with van der Waals surface area (Å²) in [6, 6.07) is 15.3. The van der Waals surface area contributed by atoms with Crippen molar-refractivity contribution in [2.24, 2.45) is 7.05 Å². The van der Waals surface area contributed by atoms with Gasteiger partial charge >= 0.3 is 6.18 Å². The number of anilines is 1. The van der Waals surface area contributed by atoms with Crippen molar-refractivity contribution in [3.63, 3.8) is 0 Å². The molecule has 0 saturated carbocycles. The van der Waals surface area contributed by atoms with Crippen LogP contribution in [0.25, 0.3) is 11.0 Å². The Morgan fingerprint density at radius 1 is 1.00 bits per heavy atom. The molecule has 1 aromatic carbocycles. The molecular formula is C29H23F4N7O. The number of pyridine rings is 3. The van der Waals surface area contributed by atoms with Crippen LogP contribution in [-0.4, -0.2) is 45.1 Å². The molecule has 1 unspecified atom stereocenters. The summed E-state index contributed by atoms with van der Waals surface area (Å²) in [7, 11) is 1.53. The molecule has 8 nitrogen and oxygen atoms in total. The molecule has 3 aromatic heterocycles. The number of piperazine rings is 1. The smallest absolute Gasteiger partial charge is 0.366 e. The number of benzene rings is 1. The van der Waals surface area contributed by atoms with Crippen LogP contribution in [0.1, 0.15) is 41.2 Å². The lowest BCUT2D eigenvalue weighted by Crippen LogP contribution is -2.54. The van der Waals surface area contributed by atoms with E-state index in [-0.39, 0.29) is 36.1 Å². The Kier molecular flexibility index (Phi) is 7.20. The Balaban J connectivity index is 1.58. The molecule has 0 N–H and O–H groups in total. The maximum absolute atomic E-state index is 13.8. The summed E-state index contributed by atoms with van der Waals surface area (Å²) in [5, 5.41) is 19.4. The van der Waals surface area contributed by atoms with Crippen LogP contribution in [-0.2, 0) is 13.2 Å². The maximum atomic E-state index is 13.8. The van der Waals surface area contributed by atoms with Gasteiger partial charge in [-0.25, -0.2) is 14.4 Å². The third-order valence-corrected chi connectivity index (χ3v) is 7.29. The average Bonchev–Trinajstić information content (AvgIpc) is 2.96. The van der Waals surface area contributed by atoms with E-state index in [1.165, 1.54) is 54.1 Å². The molecule has 1 aliphatic heterocycles. The molecule has 0 amide bonds. The van der Waals surface area contributed by atoms with E-state index in [1.54, 1.807) is 6.07 Å². The number of alkyl halides is 3. The highest BCUT2D eigenvalue weighted by atomic mass is 19.4. The monoisotopic (exact) mass is 561 g/mol. The van der Waals surface area contributed by atoms with Gasteiger partial charge in [0.15, 0.2) is 0 Å². The van der Waals surface area contributed by atoms with Crippen molar-refractivity contribution in [1.82, 2.24) is 19.4 Å². The van der Waals surface area contributed by atoms with Crippen LogP contribution in [0.2, 0.25) is 0 Å². The summed E-state index contributed by atoms with van der Waals surface area (Å²) in [5.41, 5.74) is 0.294. The zero-order valence-electron chi connectivity index (χ0n) is 22.0. The molecule has 1 fully saturated rings. The number of aromatic nitrogens is 3. The van der Waals surface area contributed by atoms with Crippen LogP contribution in [0.5, 0.6) is 0 Å². The number of aryl methyl sites for hydroxylation is 1. The van der Waals surface area contributed by atoms with E-state index in [0.29, 0.717) is 28.8 Å². The lowest BCUT2D eigenvalue weighted by molar-refractivity contribution is -0.141. The quantitative estimate of drug-likeness (QED) is 0.338. The van der Waals surface area contributed by atoms with Gasteiger partial charge in [0.2, 0.25) is 0 Å². The van der Waals surface area contributed by atoms with E-state index in [1.807, 2.05) is 28.9 Å². The van der Waals surface area contributed by atoms with Crippen LogP contribution >= 0.6 is 0 Å². The second-order valence-electron chi connectivity index (χ2n) is 9.81. The van der Waals surface area contributed by atoms with Crippen molar-refractivity contribution >= 4 is 16.7 Å². The van der Waals surface area contributed by atoms with Gasteiger partial charge in [0.05, 0.1) is 22.9 Å². The molecule has 12 heteroatoms. The first-order valence-corrected chi connectivity index (χ1v) is 12.7. The second kappa shape index (κ2) is 10.6. The molecule has 1 aliphatic rings. The van der Waals surface area contributed by atoms with E-state index >= 15 is 0 Å². The van der Waals surface area contributed by atoms with Crippen molar-refractivity contribution in [3.8, 4) is 12.1 Å². The SMILES string of the molecule is C[C@@H]1CN(c2c(C#N)c(=O)n(C)c3ccc(C#N)nc23)CCN1C(c1ccc(F)cc1)c1cccc(C(F)(F)F)n1. The predicted molar refractivity (Wildman–Crippen MR) is 142 cm³/mol. The molecule has 1 saturated heterocycles. The lowest BCUT2D eigenvalue weighted by Gasteiger charge is -2.45. The molecule has 5 rings (SSSR count). The average molecular weight is 562 g/mol. The van der Waals surface area contributed by atoms with E-state index in [2.05, 4.69) is 9.97 Å². The zero-order valence-corrected chi connectivity index (χ0v) is 22.0. The molecule has 208 valence electrons. The van der Waals surface area contributed by atoms with Gasteiger partial charge in [-0.3, -0.25) is 9.69 Å². The normalized spacial score (nSPS) is 16.8. The van der Waals surface area contributed by atoms with Crippen LogP contribution in [0.15, 0.2) is 59.4 Å². The van der Waals surface area contributed by atoms with Crippen molar-refractivity contribution < 1.29 is 17.6 Å². The number of nitriles is 2. The summed E-state index contributed by atoms with van der Waals surface area (Å²) in [6.07, 6.45) is -4.64. The fourth-order valence-electron chi connectivity index (χ4n) is 5.36. The minimum Gasteiger partial charge on any atom is -0.366 e. The fraction of sp³-hybridized carbons (Fsp3) is 0.276. The number of hydrogen-bond acceptors (Lipinski definition) is 7. The number of rotatable bonds is 4. The molecular weight excluding hydrogens is 538 g/mol. The fourth-order valence-corrected chi connectivity index (χ4v) is 5.36. The third-order valence-electron chi connectivity index (χ3n) is 7.29. The molecule has 4 aromatic rings. The molecule has 0 bridgehead atoms. The van der Waals surface area contributed by atoms with E-state index < -0.39 is 29.3 Å². The maximum Gasteiger partial charge on any atom is 0.433 e. The van der Waals surface area contributed by atoms with Gasteiger partial charge in [-0.15, -0.1) is 0 Å². The number of fused-ring (bicyclic) bond motifs is 1. The van der Waals surface area contributed by atoms with Crippen molar-refractivity contribution in [3.05, 3.63) is 99.0 Å². The van der Waals surface area contributed by atoms with Gasteiger partial charge in [0.1, 0.15) is 40.4 Å². The minimum atomic E-state index is -4.64. The molecule has 2 atom stereocenters. The van der Waals surface area contributed by atoms with E-state index in [9.17, 15) is 32.9 Å². The van der Waals surface area contributed by atoms with Crippen molar-refractivity contribution in [2.75, 3.05) is 24.5 Å². The van der Waals surface area contributed by atoms with Gasteiger partial charge in [0, 0.05) is 32.7 Å². The highest BCUT2D eigenvalue weighted by Crippen LogP contribution is 2.36. The number of nitrogens with zero attached hydrogens (tertiary/aromatic N) is 7. The second-order valence-corrected chi connectivity index (χ2v) is 9.81. The van der Waals surface area contributed by atoms with Gasteiger partial charge < -0.3 is 9.47 Å². The summed E-state index contributed by atoms with van der Waals surface area (Å²) < 4.78 is 55.7. The first-order valence-electron chi connectivity index (χ1n) is 12.7. The highest BCUT2D eigenvalue weighted by Gasteiger charge is 2.37. The standard InChI is InChI=1S/C29H23F4N7O/c1-17-16-39(27-21(15-35)28(41)38(2)23-11-10-20(14-34)36-25(23)27)12-13-40(17)26(18-6-8-19(30)9-7-18)22-4-3-5-24(37-22)29(31,32)33/h3-11,17,26H,12-13,16H2,1-2H3/t17-,26?/m1/s1. The van der Waals surface area contributed by atoms with Crippen LogP contribution in [0.4, 0.5) is 23.2 Å². The van der Waals surface area contributed by atoms with E-state index in [4.69, 9.17) is 0 Å². The molecule has 0 spiro atoms. The summed E-state index contributed by atoms with van der Waals surface area (Å²) in [5.74, 6) is -0.479. The Bertz CT molecular complexity index is 1770. The van der Waals surface area contributed by atoms with Gasteiger partial charge in [0.25, 0.3) is 5.56 Å². The Labute approximate surface area is 232 Å². The lowest BCUT2D eigenvalue weighted by atomic mass is 9.97. The minimum absolute atomic E-state index is 0.113. The Hall–Kier alpha value is -4.81.